The van der Waals surface area contributed by atoms with Crippen LogP contribution in [0.25, 0.3) is 0 Å². The van der Waals surface area contributed by atoms with Crippen molar-refractivity contribution >= 4 is 0 Å². The highest BCUT2D eigenvalue weighted by atomic mass is 16.7. The molecular weight excluding hydrogens is 132 g/mol. The second kappa shape index (κ2) is 4.66. The molecule has 62 valence electrons. The highest BCUT2D eigenvalue weighted by Crippen LogP contribution is 2.14. The van der Waals surface area contributed by atoms with Gasteiger partial charge in [-0.2, -0.15) is 0 Å². The molecular formula is C7H16O3. The Hall–Kier alpha value is -0.120. The summed E-state index contributed by atoms with van der Waals surface area (Å²) in [5.74, 6) is -0.608. The Morgan fingerprint density at radius 3 is 2.40 bits per heavy atom. The molecule has 0 aromatic rings. The van der Waals surface area contributed by atoms with E-state index in [4.69, 9.17) is 14.6 Å². The standard InChI is InChI=1S/C7H16O3/c1-4-10-7(2,9-3)5-6-8/h8H,4-6H2,1-3H3. The first kappa shape index (κ1) is 9.88. The number of methoxy groups -OCH3 is 1. The molecule has 10 heavy (non-hydrogen) atoms. The lowest BCUT2D eigenvalue weighted by molar-refractivity contribution is -0.214. The van der Waals surface area contributed by atoms with Crippen molar-refractivity contribution in [1.82, 2.24) is 0 Å². The molecule has 0 radical (unpaired) electrons. The van der Waals surface area contributed by atoms with Crippen LogP contribution in [0.15, 0.2) is 0 Å². The van der Waals surface area contributed by atoms with Gasteiger partial charge in [-0.3, -0.25) is 0 Å². The van der Waals surface area contributed by atoms with Crippen LogP contribution < -0.4 is 0 Å². The summed E-state index contributed by atoms with van der Waals surface area (Å²) in [6.45, 7) is 4.40. The van der Waals surface area contributed by atoms with Gasteiger partial charge >= 0.3 is 0 Å². The summed E-state index contributed by atoms with van der Waals surface area (Å²) in [6.07, 6.45) is 0.511. The number of hydrogen-bond acceptors (Lipinski definition) is 3. The minimum Gasteiger partial charge on any atom is -0.396 e. The van der Waals surface area contributed by atoms with E-state index in [-0.39, 0.29) is 6.61 Å². The van der Waals surface area contributed by atoms with Gasteiger partial charge in [-0.05, 0) is 13.8 Å². The van der Waals surface area contributed by atoms with E-state index in [1.165, 1.54) is 0 Å². The third kappa shape index (κ3) is 3.15. The fraction of sp³-hybridized carbons (Fsp3) is 1.00. The summed E-state index contributed by atoms with van der Waals surface area (Å²) in [6, 6.07) is 0. The zero-order valence-electron chi connectivity index (χ0n) is 6.89. The van der Waals surface area contributed by atoms with E-state index in [1.54, 1.807) is 7.11 Å². The highest BCUT2D eigenvalue weighted by molar-refractivity contribution is 4.60. The maximum atomic E-state index is 8.60. The van der Waals surface area contributed by atoms with Gasteiger partial charge in [-0.1, -0.05) is 0 Å². The molecule has 3 heteroatoms. The number of aliphatic hydroxyl groups excluding tert-OH is 1. The minimum absolute atomic E-state index is 0.0876. The Bertz CT molecular complexity index is 76.9. The SMILES string of the molecule is CCOC(C)(CCO)OC. The van der Waals surface area contributed by atoms with E-state index in [0.29, 0.717) is 13.0 Å². The molecule has 0 aliphatic heterocycles. The van der Waals surface area contributed by atoms with Crippen LogP contribution in [0.5, 0.6) is 0 Å². The van der Waals surface area contributed by atoms with E-state index in [1.807, 2.05) is 13.8 Å². The predicted molar refractivity (Wildman–Crippen MR) is 38.7 cm³/mol. The van der Waals surface area contributed by atoms with E-state index < -0.39 is 5.79 Å². The molecule has 1 atom stereocenters. The monoisotopic (exact) mass is 148 g/mol. The zero-order chi connectivity index (χ0) is 8.04. The first-order chi connectivity index (χ1) is 4.68. The van der Waals surface area contributed by atoms with E-state index in [2.05, 4.69) is 0 Å². The third-order valence-corrected chi connectivity index (χ3v) is 1.45. The summed E-state index contributed by atoms with van der Waals surface area (Å²) in [4.78, 5) is 0. The van der Waals surface area contributed by atoms with Gasteiger partial charge in [0.25, 0.3) is 0 Å². The molecule has 0 aromatic carbocycles. The molecule has 3 nitrogen and oxygen atoms in total. The Labute approximate surface area is 62.0 Å². The second-order valence-electron chi connectivity index (χ2n) is 2.24. The molecule has 0 aliphatic rings. The summed E-state index contributed by atoms with van der Waals surface area (Å²) in [5.41, 5.74) is 0. The van der Waals surface area contributed by atoms with Crippen LogP contribution >= 0.6 is 0 Å². The Morgan fingerprint density at radius 2 is 2.10 bits per heavy atom. The smallest absolute Gasteiger partial charge is 0.167 e. The lowest BCUT2D eigenvalue weighted by Gasteiger charge is -2.26. The first-order valence-electron chi connectivity index (χ1n) is 3.48. The zero-order valence-corrected chi connectivity index (χ0v) is 6.89. The molecule has 0 amide bonds. The van der Waals surface area contributed by atoms with Crippen LogP contribution in [0, 0.1) is 0 Å². The van der Waals surface area contributed by atoms with Crippen LogP contribution in [0.4, 0.5) is 0 Å². The highest BCUT2D eigenvalue weighted by Gasteiger charge is 2.22. The molecule has 0 bridgehead atoms. The molecule has 0 heterocycles. The van der Waals surface area contributed by atoms with E-state index >= 15 is 0 Å². The fourth-order valence-corrected chi connectivity index (χ4v) is 0.742. The van der Waals surface area contributed by atoms with Gasteiger partial charge in [0.15, 0.2) is 5.79 Å². The van der Waals surface area contributed by atoms with Gasteiger partial charge in [0.05, 0.1) is 0 Å². The van der Waals surface area contributed by atoms with Gasteiger partial charge in [0, 0.05) is 26.7 Å². The van der Waals surface area contributed by atoms with Gasteiger partial charge < -0.3 is 14.6 Å². The second-order valence-corrected chi connectivity index (χ2v) is 2.24. The van der Waals surface area contributed by atoms with Crippen LogP contribution in [-0.4, -0.2) is 31.2 Å². The molecule has 0 aliphatic carbocycles. The fourth-order valence-electron chi connectivity index (χ4n) is 0.742. The average Bonchev–Trinajstić information content (AvgIpc) is 1.89. The number of aliphatic hydroxyl groups is 1. The quantitative estimate of drug-likeness (QED) is 0.585. The Balaban J connectivity index is 3.69. The van der Waals surface area contributed by atoms with Crippen molar-refractivity contribution < 1.29 is 14.6 Å². The molecule has 0 fully saturated rings. The molecule has 0 aromatic heterocycles. The Kier molecular flexibility index (Phi) is 4.60. The number of rotatable bonds is 5. The topological polar surface area (TPSA) is 38.7 Å². The summed E-state index contributed by atoms with van der Waals surface area (Å²) >= 11 is 0. The molecule has 0 saturated carbocycles. The van der Waals surface area contributed by atoms with E-state index in [0.717, 1.165) is 0 Å². The average molecular weight is 148 g/mol. The van der Waals surface area contributed by atoms with Crippen molar-refractivity contribution in [3.8, 4) is 0 Å². The maximum Gasteiger partial charge on any atom is 0.167 e. The van der Waals surface area contributed by atoms with E-state index in [9.17, 15) is 0 Å². The maximum absolute atomic E-state index is 8.60. The van der Waals surface area contributed by atoms with Crippen molar-refractivity contribution in [2.24, 2.45) is 0 Å². The largest absolute Gasteiger partial charge is 0.396 e. The summed E-state index contributed by atoms with van der Waals surface area (Å²) < 4.78 is 10.3. The van der Waals surface area contributed by atoms with Crippen molar-refractivity contribution in [1.29, 1.82) is 0 Å². The molecule has 1 N–H and O–H groups in total. The number of hydrogen-bond donors (Lipinski definition) is 1. The Morgan fingerprint density at radius 1 is 1.50 bits per heavy atom. The number of ether oxygens (including phenoxy) is 2. The van der Waals surface area contributed by atoms with Crippen LogP contribution in [0.2, 0.25) is 0 Å². The van der Waals surface area contributed by atoms with Crippen molar-refractivity contribution in [2.75, 3.05) is 20.3 Å². The molecule has 1 unspecified atom stereocenters. The van der Waals surface area contributed by atoms with Crippen LogP contribution in [0.3, 0.4) is 0 Å². The lowest BCUT2D eigenvalue weighted by atomic mass is 10.2. The van der Waals surface area contributed by atoms with Gasteiger partial charge in [0.1, 0.15) is 0 Å². The summed E-state index contributed by atoms with van der Waals surface area (Å²) in [7, 11) is 1.57. The first-order valence-corrected chi connectivity index (χ1v) is 3.48. The minimum atomic E-state index is -0.608. The van der Waals surface area contributed by atoms with Crippen LogP contribution in [-0.2, 0) is 9.47 Å². The van der Waals surface area contributed by atoms with Gasteiger partial charge in [0.2, 0.25) is 0 Å². The normalized spacial score (nSPS) is 16.8. The lowest BCUT2D eigenvalue weighted by Crippen LogP contribution is -2.32. The van der Waals surface area contributed by atoms with Crippen molar-refractivity contribution in [3.63, 3.8) is 0 Å². The molecule has 0 spiro atoms. The molecule has 0 saturated heterocycles. The van der Waals surface area contributed by atoms with Gasteiger partial charge in [-0.25, -0.2) is 0 Å². The predicted octanol–water partition coefficient (Wildman–Crippen LogP) is 0.768. The summed E-state index contributed by atoms with van der Waals surface area (Å²) in [5, 5.41) is 8.60. The van der Waals surface area contributed by atoms with Crippen molar-refractivity contribution in [3.05, 3.63) is 0 Å². The van der Waals surface area contributed by atoms with Gasteiger partial charge in [-0.15, -0.1) is 0 Å². The third-order valence-electron chi connectivity index (χ3n) is 1.45. The molecule has 0 rings (SSSR count). The van der Waals surface area contributed by atoms with Crippen LogP contribution in [0.1, 0.15) is 20.3 Å². The van der Waals surface area contributed by atoms with Crippen molar-refractivity contribution in [2.45, 2.75) is 26.1 Å².